The fourth-order valence-corrected chi connectivity index (χ4v) is 4.12. The molecule has 2 unspecified atom stereocenters. The number of nitrogens with one attached hydrogen (secondary N) is 2. The molecule has 2 heterocycles. The quantitative estimate of drug-likeness (QED) is 0.710. The SMILES string of the molecule is CC(NCC1(c2cccc(F)c2)CCOCC1)C(=O)NCC1COc2ccccc2O1. The molecule has 0 radical (unpaired) electrons. The molecule has 2 aromatic carbocycles. The second-order valence-corrected chi connectivity index (χ2v) is 8.25. The number of ether oxygens (including phenoxy) is 3. The molecule has 1 saturated heterocycles. The second kappa shape index (κ2) is 9.66. The maximum Gasteiger partial charge on any atom is 0.236 e. The zero-order chi connectivity index (χ0) is 21.7. The van der Waals surface area contributed by atoms with Crippen molar-refractivity contribution in [1.29, 1.82) is 0 Å². The molecular weight excluding hydrogens is 399 g/mol. The van der Waals surface area contributed by atoms with Gasteiger partial charge in [-0.25, -0.2) is 4.39 Å². The molecule has 2 aliphatic rings. The average molecular weight is 429 g/mol. The van der Waals surface area contributed by atoms with Crippen LogP contribution in [-0.4, -0.2) is 51.0 Å². The number of carbonyl (C=O) groups is 1. The van der Waals surface area contributed by atoms with Crippen LogP contribution in [-0.2, 0) is 14.9 Å². The molecule has 0 spiro atoms. The summed E-state index contributed by atoms with van der Waals surface area (Å²) in [5, 5.41) is 6.29. The van der Waals surface area contributed by atoms with E-state index in [4.69, 9.17) is 14.2 Å². The monoisotopic (exact) mass is 428 g/mol. The number of fused-ring (bicyclic) bond motifs is 1. The van der Waals surface area contributed by atoms with Crippen LogP contribution in [0.5, 0.6) is 11.5 Å². The number of hydrogen-bond donors (Lipinski definition) is 2. The van der Waals surface area contributed by atoms with Crippen LogP contribution in [0.25, 0.3) is 0 Å². The normalized spacial score (nSPS) is 20.6. The third kappa shape index (κ3) is 5.17. The van der Waals surface area contributed by atoms with E-state index < -0.39 is 6.04 Å². The molecule has 0 bridgehead atoms. The minimum absolute atomic E-state index is 0.107. The Hall–Kier alpha value is -2.64. The number of amides is 1. The highest BCUT2D eigenvalue weighted by Gasteiger charge is 2.35. The van der Waals surface area contributed by atoms with Gasteiger partial charge in [0.2, 0.25) is 5.91 Å². The van der Waals surface area contributed by atoms with Crippen molar-refractivity contribution >= 4 is 5.91 Å². The standard InChI is InChI=1S/C24H29FN2O4/c1-17(23(28)26-14-20-15-30-21-7-2-3-8-22(21)31-20)27-16-24(9-11-29-12-10-24)18-5-4-6-19(25)13-18/h2-8,13,17,20,27H,9-12,14-16H2,1H3,(H,26,28). The fourth-order valence-electron chi connectivity index (χ4n) is 4.12. The molecular formula is C24H29FN2O4. The Morgan fingerprint density at radius 1 is 1.16 bits per heavy atom. The van der Waals surface area contributed by atoms with Crippen molar-refractivity contribution in [2.24, 2.45) is 0 Å². The summed E-state index contributed by atoms with van der Waals surface area (Å²) in [5.41, 5.74) is 0.696. The van der Waals surface area contributed by atoms with Crippen LogP contribution < -0.4 is 20.1 Å². The Kier molecular flexibility index (Phi) is 6.73. The summed E-state index contributed by atoms with van der Waals surface area (Å²) in [6, 6.07) is 13.8. The lowest BCUT2D eigenvalue weighted by Crippen LogP contribution is -2.51. The van der Waals surface area contributed by atoms with Gasteiger partial charge in [0.1, 0.15) is 18.5 Å². The lowest BCUT2D eigenvalue weighted by Gasteiger charge is -2.38. The molecule has 2 atom stereocenters. The van der Waals surface area contributed by atoms with Gasteiger partial charge in [-0.3, -0.25) is 4.79 Å². The first-order valence-electron chi connectivity index (χ1n) is 10.8. The van der Waals surface area contributed by atoms with Gasteiger partial charge in [0.15, 0.2) is 11.5 Å². The first-order chi connectivity index (χ1) is 15.1. The van der Waals surface area contributed by atoms with Crippen LogP contribution in [0.15, 0.2) is 48.5 Å². The van der Waals surface area contributed by atoms with E-state index in [9.17, 15) is 9.18 Å². The summed E-state index contributed by atoms with van der Waals surface area (Å²) >= 11 is 0. The smallest absolute Gasteiger partial charge is 0.236 e. The summed E-state index contributed by atoms with van der Waals surface area (Å²) < 4.78 is 31.0. The molecule has 166 valence electrons. The van der Waals surface area contributed by atoms with Crippen molar-refractivity contribution in [2.75, 3.05) is 32.9 Å². The van der Waals surface area contributed by atoms with Crippen LogP contribution >= 0.6 is 0 Å². The maximum atomic E-state index is 13.9. The Morgan fingerprint density at radius 2 is 1.94 bits per heavy atom. The van der Waals surface area contributed by atoms with Crippen LogP contribution in [0.3, 0.4) is 0 Å². The van der Waals surface area contributed by atoms with Gasteiger partial charge in [-0.15, -0.1) is 0 Å². The lowest BCUT2D eigenvalue weighted by molar-refractivity contribution is -0.123. The van der Waals surface area contributed by atoms with Crippen LogP contribution in [0, 0.1) is 5.82 Å². The van der Waals surface area contributed by atoms with Crippen molar-refractivity contribution in [1.82, 2.24) is 10.6 Å². The molecule has 2 aromatic rings. The number of halogens is 1. The van der Waals surface area contributed by atoms with Gasteiger partial charge in [-0.2, -0.15) is 0 Å². The minimum Gasteiger partial charge on any atom is -0.486 e. The molecule has 1 amide bonds. The Labute approximate surface area is 182 Å². The molecule has 2 aliphatic heterocycles. The molecule has 6 nitrogen and oxygen atoms in total. The average Bonchev–Trinajstić information content (AvgIpc) is 2.81. The topological polar surface area (TPSA) is 68.8 Å². The maximum absolute atomic E-state index is 13.9. The molecule has 2 N–H and O–H groups in total. The third-order valence-corrected chi connectivity index (χ3v) is 6.10. The molecule has 7 heteroatoms. The molecule has 1 fully saturated rings. The molecule has 0 aromatic heterocycles. The van der Waals surface area contributed by atoms with Gasteiger partial charge in [0, 0.05) is 25.2 Å². The van der Waals surface area contributed by atoms with Gasteiger partial charge in [0.05, 0.1) is 12.6 Å². The second-order valence-electron chi connectivity index (χ2n) is 8.25. The van der Waals surface area contributed by atoms with E-state index in [1.165, 1.54) is 6.07 Å². The highest BCUT2D eigenvalue weighted by molar-refractivity contribution is 5.81. The molecule has 4 rings (SSSR count). The summed E-state index contributed by atoms with van der Waals surface area (Å²) in [7, 11) is 0. The lowest BCUT2D eigenvalue weighted by atomic mass is 9.74. The van der Waals surface area contributed by atoms with Crippen molar-refractivity contribution < 1.29 is 23.4 Å². The third-order valence-electron chi connectivity index (χ3n) is 6.10. The number of rotatable bonds is 7. The Morgan fingerprint density at radius 3 is 2.71 bits per heavy atom. The number of hydrogen-bond acceptors (Lipinski definition) is 5. The fraction of sp³-hybridized carbons (Fsp3) is 0.458. The molecule has 31 heavy (non-hydrogen) atoms. The van der Waals surface area contributed by atoms with Gasteiger partial charge < -0.3 is 24.8 Å². The summed E-state index contributed by atoms with van der Waals surface area (Å²) in [6.07, 6.45) is 1.33. The van der Waals surface area contributed by atoms with E-state index in [0.717, 1.165) is 24.2 Å². The number of para-hydroxylation sites is 2. The number of carbonyl (C=O) groups excluding carboxylic acids is 1. The van der Waals surface area contributed by atoms with E-state index in [2.05, 4.69) is 10.6 Å². The number of benzene rings is 2. The van der Waals surface area contributed by atoms with Gasteiger partial charge >= 0.3 is 0 Å². The van der Waals surface area contributed by atoms with Crippen LogP contribution in [0.4, 0.5) is 4.39 Å². The van der Waals surface area contributed by atoms with E-state index in [0.29, 0.717) is 38.7 Å². The van der Waals surface area contributed by atoms with Gasteiger partial charge in [0.25, 0.3) is 0 Å². The van der Waals surface area contributed by atoms with Crippen molar-refractivity contribution in [3.63, 3.8) is 0 Å². The molecule has 0 saturated carbocycles. The van der Waals surface area contributed by atoms with Crippen LogP contribution in [0.1, 0.15) is 25.3 Å². The first kappa shape index (κ1) is 21.6. The zero-order valence-electron chi connectivity index (χ0n) is 17.7. The summed E-state index contributed by atoms with van der Waals surface area (Å²) in [6.45, 7) is 4.41. The van der Waals surface area contributed by atoms with Crippen molar-refractivity contribution in [2.45, 2.75) is 37.3 Å². The highest BCUT2D eigenvalue weighted by atomic mass is 19.1. The summed E-state index contributed by atoms with van der Waals surface area (Å²) in [5.74, 6) is 1.06. The van der Waals surface area contributed by atoms with Crippen molar-refractivity contribution in [3.8, 4) is 11.5 Å². The first-order valence-corrected chi connectivity index (χ1v) is 10.8. The largest absolute Gasteiger partial charge is 0.486 e. The van der Waals surface area contributed by atoms with Crippen LogP contribution in [0.2, 0.25) is 0 Å². The Balaban J connectivity index is 1.31. The van der Waals surface area contributed by atoms with Gasteiger partial charge in [-0.1, -0.05) is 24.3 Å². The highest BCUT2D eigenvalue weighted by Crippen LogP contribution is 2.35. The predicted octanol–water partition coefficient (Wildman–Crippen LogP) is 2.81. The zero-order valence-corrected chi connectivity index (χ0v) is 17.7. The van der Waals surface area contributed by atoms with E-state index >= 15 is 0 Å². The van der Waals surface area contributed by atoms with Crippen molar-refractivity contribution in [3.05, 3.63) is 59.9 Å². The van der Waals surface area contributed by atoms with Gasteiger partial charge in [-0.05, 0) is 49.6 Å². The van der Waals surface area contributed by atoms with E-state index in [-0.39, 0.29) is 23.2 Å². The van der Waals surface area contributed by atoms with E-state index in [1.54, 1.807) is 12.1 Å². The Bertz CT molecular complexity index is 901. The molecule has 0 aliphatic carbocycles. The van der Waals surface area contributed by atoms with E-state index in [1.807, 2.05) is 37.3 Å². The minimum atomic E-state index is -0.398. The predicted molar refractivity (Wildman–Crippen MR) is 115 cm³/mol. The summed E-state index contributed by atoms with van der Waals surface area (Å²) in [4.78, 5) is 12.6.